The lowest BCUT2D eigenvalue weighted by molar-refractivity contribution is -0.896. The third-order valence-electron chi connectivity index (χ3n) is 8.13. The van der Waals surface area contributed by atoms with Crippen molar-refractivity contribution in [2.75, 3.05) is 39.9 Å². The van der Waals surface area contributed by atoms with Crippen molar-refractivity contribution in [3.05, 3.63) is 58.7 Å². The van der Waals surface area contributed by atoms with Crippen LogP contribution in [-0.4, -0.2) is 62.6 Å². The molecular formula is C33H44N2O6. The van der Waals surface area contributed by atoms with Gasteiger partial charge in [-0.3, -0.25) is 9.59 Å². The number of nitrogens with zero attached hydrogens (tertiary/aromatic N) is 1. The van der Waals surface area contributed by atoms with E-state index in [0.29, 0.717) is 42.2 Å². The van der Waals surface area contributed by atoms with Crippen LogP contribution in [0, 0.1) is 0 Å². The molecule has 8 heteroatoms. The fraction of sp³-hybridized carbons (Fsp3) is 0.515. The number of hydrogen-bond acceptors (Lipinski definition) is 6. The molecular weight excluding hydrogens is 520 g/mol. The quantitative estimate of drug-likeness (QED) is 0.164. The third kappa shape index (κ3) is 6.70. The van der Waals surface area contributed by atoms with E-state index in [1.165, 1.54) is 4.90 Å². The SMILES string of the molecule is CCCCCOc1ccc(C2C(=C([O-])c3ccc4c(c3)CC(C)O4)C(=O)C(=O)N2CCC[NH+](CC)CC)cc1OC. The summed E-state index contributed by atoms with van der Waals surface area (Å²) in [6.45, 7) is 12.2. The van der Waals surface area contributed by atoms with Crippen LogP contribution in [-0.2, 0) is 16.0 Å². The summed E-state index contributed by atoms with van der Waals surface area (Å²) in [4.78, 5) is 29.9. The maximum Gasteiger partial charge on any atom is 0.295 e. The van der Waals surface area contributed by atoms with Gasteiger partial charge in [0.25, 0.3) is 5.91 Å². The van der Waals surface area contributed by atoms with Crippen LogP contribution in [0.1, 0.15) is 76.1 Å². The Bertz CT molecular complexity index is 1270. The highest BCUT2D eigenvalue weighted by Crippen LogP contribution is 2.42. The van der Waals surface area contributed by atoms with Crippen LogP contribution < -0.4 is 24.2 Å². The normalized spacial score (nSPS) is 19.5. The van der Waals surface area contributed by atoms with Gasteiger partial charge in [0.2, 0.25) is 5.78 Å². The average Bonchev–Trinajstić information content (AvgIpc) is 3.48. The van der Waals surface area contributed by atoms with Crippen LogP contribution >= 0.6 is 0 Å². The molecule has 2 aliphatic heterocycles. The molecule has 0 bridgehead atoms. The molecule has 2 aromatic rings. The second-order valence-corrected chi connectivity index (χ2v) is 11.0. The Morgan fingerprint density at radius 2 is 1.83 bits per heavy atom. The Hall–Kier alpha value is -3.52. The summed E-state index contributed by atoms with van der Waals surface area (Å²) >= 11 is 0. The molecule has 1 saturated heterocycles. The molecule has 0 radical (unpaired) electrons. The van der Waals surface area contributed by atoms with E-state index in [1.54, 1.807) is 36.3 Å². The van der Waals surface area contributed by atoms with Crippen molar-refractivity contribution < 1.29 is 33.8 Å². The molecule has 1 N–H and O–H groups in total. The summed E-state index contributed by atoms with van der Waals surface area (Å²) in [5.41, 5.74) is 1.96. The zero-order valence-electron chi connectivity index (χ0n) is 25.1. The molecule has 2 heterocycles. The summed E-state index contributed by atoms with van der Waals surface area (Å²) in [5, 5.41) is 14.0. The first-order valence-corrected chi connectivity index (χ1v) is 15.0. The van der Waals surface area contributed by atoms with E-state index in [-0.39, 0.29) is 11.7 Å². The summed E-state index contributed by atoms with van der Waals surface area (Å²) in [5.74, 6) is 0.0637. The zero-order chi connectivity index (χ0) is 29.5. The van der Waals surface area contributed by atoms with Crippen molar-refractivity contribution in [3.8, 4) is 17.2 Å². The second-order valence-electron chi connectivity index (χ2n) is 11.0. The minimum absolute atomic E-state index is 0.0178. The highest BCUT2D eigenvalue weighted by Gasteiger charge is 2.44. The molecule has 0 aromatic heterocycles. The Morgan fingerprint density at radius 3 is 2.54 bits per heavy atom. The molecule has 1 amide bonds. The van der Waals surface area contributed by atoms with Gasteiger partial charge in [0.1, 0.15) is 11.9 Å². The lowest BCUT2D eigenvalue weighted by atomic mass is 9.94. The number of likely N-dealkylation sites (tertiary alicyclic amines) is 1. The first-order valence-electron chi connectivity index (χ1n) is 15.0. The summed E-state index contributed by atoms with van der Waals surface area (Å²) in [6.07, 6.45) is 4.55. The fourth-order valence-electron chi connectivity index (χ4n) is 5.78. The largest absolute Gasteiger partial charge is 0.872 e. The number of ketones is 1. The van der Waals surface area contributed by atoms with E-state index in [1.807, 2.05) is 19.1 Å². The van der Waals surface area contributed by atoms with Crippen LogP contribution in [0.2, 0.25) is 0 Å². The monoisotopic (exact) mass is 564 g/mol. The van der Waals surface area contributed by atoms with E-state index in [4.69, 9.17) is 14.2 Å². The van der Waals surface area contributed by atoms with Crippen molar-refractivity contribution in [1.82, 2.24) is 4.90 Å². The summed E-state index contributed by atoms with van der Waals surface area (Å²) in [7, 11) is 1.57. The summed E-state index contributed by atoms with van der Waals surface area (Å²) < 4.78 is 17.4. The fourth-order valence-corrected chi connectivity index (χ4v) is 5.78. The zero-order valence-corrected chi connectivity index (χ0v) is 25.1. The average molecular weight is 565 g/mol. The van der Waals surface area contributed by atoms with Crippen molar-refractivity contribution in [2.45, 2.75) is 71.9 Å². The van der Waals surface area contributed by atoms with E-state index < -0.39 is 23.5 Å². The third-order valence-corrected chi connectivity index (χ3v) is 8.13. The molecule has 0 saturated carbocycles. The van der Waals surface area contributed by atoms with Crippen molar-refractivity contribution in [2.24, 2.45) is 0 Å². The second kappa shape index (κ2) is 13.9. The first kappa shape index (κ1) is 30.4. The molecule has 41 heavy (non-hydrogen) atoms. The van der Waals surface area contributed by atoms with E-state index in [0.717, 1.165) is 56.6 Å². The Morgan fingerprint density at radius 1 is 1.05 bits per heavy atom. The van der Waals surface area contributed by atoms with Gasteiger partial charge in [-0.1, -0.05) is 37.7 Å². The molecule has 8 nitrogen and oxygen atoms in total. The van der Waals surface area contributed by atoms with Crippen molar-refractivity contribution >= 4 is 17.4 Å². The topological polar surface area (TPSA) is 92.6 Å². The molecule has 4 rings (SSSR count). The maximum atomic E-state index is 14.0. The number of carbonyl (C=O) groups is 2. The Labute approximate surface area is 243 Å². The standard InChI is InChI=1S/C33H44N2O6/c1-6-9-10-18-40-27-15-12-23(21-28(27)39-5)30-29(31(36)24-13-14-26-25(20-24)19-22(4)41-26)32(37)33(38)35(30)17-11-16-34(7-2)8-3/h12-15,20-22,30,36H,6-11,16-19H2,1-5H3. The number of unbranched alkanes of at least 4 members (excludes halogenated alkanes) is 2. The van der Waals surface area contributed by atoms with Gasteiger partial charge in [0.05, 0.1) is 39.4 Å². The van der Waals surface area contributed by atoms with Gasteiger partial charge in [0.15, 0.2) is 11.5 Å². The predicted octanol–water partition coefficient (Wildman–Crippen LogP) is 3.13. The van der Waals surface area contributed by atoms with E-state index in [2.05, 4.69) is 20.8 Å². The molecule has 2 unspecified atom stereocenters. The van der Waals surface area contributed by atoms with Gasteiger partial charge < -0.3 is 29.1 Å². The summed E-state index contributed by atoms with van der Waals surface area (Å²) in [6, 6.07) is 9.89. The van der Waals surface area contributed by atoms with Crippen LogP contribution in [0.25, 0.3) is 5.76 Å². The van der Waals surface area contributed by atoms with Gasteiger partial charge in [-0.05, 0) is 68.1 Å². The van der Waals surface area contributed by atoms with Crippen molar-refractivity contribution in [1.29, 1.82) is 0 Å². The van der Waals surface area contributed by atoms with Gasteiger partial charge in [-0.15, -0.1) is 0 Å². The van der Waals surface area contributed by atoms with Crippen LogP contribution in [0.15, 0.2) is 42.0 Å². The molecule has 2 atom stereocenters. The molecule has 1 fully saturated rings. The number of fused-ring (bicyclic) bond motifs is 1. The number of benzene rings is 2. The van der Waals surface area contributed by atoms with Crippen LogP contribution in [0.4, 0.5) is 0 Å². The number of amides is 1. The smallest absolute Gasteiger partial charge is 0.295 e. The van der Waals surface area contributed by atoms with E-state index >= 15 is 0 Å². The number of rotatable bonds is 14. The lowest BCUT2D eigenvalue weighted by Crippen LogP contribution is -3.11. The lowest BCUT2D eigenvalue weighted by Gasteiger charge is -2.28. The molecule has 2 aliphatic rings. The highest BCUT2D eigenvalue weighted by molar-refractivity contribution is 6.46. The van der Waals surface area contributed by atoms with Gasteiger partial charge in [-0.25, -0.2) is 0 Å². The maximum absolute atomic E-state index is 14.0. The number of quaternary nitrogens is 1. The number of Topliss-reactive ketones (excluding diaryl/α,β-unsaturated/α-hetero) is 1. The number of hydrogen-bond donors (Lipinski definition) is 1. The predicted molar refractivity (Wildman–Crippen MR) is 156 cm³/mol. The number of nitrogens with one attached hydrogen (secondary N) is 1. The van der Waals surface area contributed by atoms with Crippen LogP contribution in [0.3, 0.4) is 0 Å². The Balaban J connectivity index is 1.73. The number of carbonyl (C=O) groups excluding carboxylic acids is 2. The first-order chi connectivity index (χ1) is 19.8. The molecule has 0 spiro atoms. The minimum Gasteiger partial charge on any atom is -0.872 e. The van der Waals surface area contributed by atoms with Gasteiger partial charge in [-0.2, -0.15) is 0 Å². The van der Waals surface area contributed by atoms with Crippen molar-refractivity contribution in [3.63, 3.8) is 0 Å². The van der Waals surface area contributed by atoms with E-state index in [9.17, 15) is 14.7 Å². The minimum atomic E-state index is -0.805. The number of ether oxygens (including phenoxy) is 3. The number of methoxy groups -OCH3 is 1. The Kier molecular flexibility index (Phi) is 10.3. The van der Waals surface area contributed by atoms with Gasteiger partial charge >= 0.3 is 0 Å². The van der Waals surface area contributed by atoms with Crippen LogP contribution in [0.5, 0.6) is 17.2 Å². The molecule has 2 aromatic carbocycles. The highest BCUT2D eigenvalue weighted by atomic mass is 16.5. The molecule has 0 aliphatic carbocycles. The molecule has 222 valence electrons. The van der Waals surface area contributed by atoms with Gasteiger partial charge in [0, 0.05) is 25.0 Å².